The minimum Gasteiger partial charge on any atom is -0.469 e. The second-order valence-electron chi connectivity index (χ2n) is 10.6. The number of hydrogen-bond donors (Lipinski definition) is 1. The zero-order chi connectivity index (χ0) is 28.3. The van der Waals surface area contributed by atoms with Crippen LogP contribution in [0.2, 0.25) is 0 Å². The minimum atomic E-state index is -0.845. The zero-order valence-electron chi connectivity index (χ0n) is 22.6. The average Bonchev–Trinajstić information content (AvgIpc) is 3.05. The molecule has 10 heteroatoms. The third kappa shape index (κ3) is 6.27. The van der Waals surface area contributed by atoms with Crippen LogP contribution < -0.4 is 5.32 Å². The summed E-state index contributed by atoms with van der Waals surface area (Å²) in [4.78, 5) is 66.2. The fourth-order valence-corrected chi connectivity index (χ4v) is 4.68. The third-order valence-corrected chi connectivity index (χ3v) is 6.58. The van der Waals surface area contributed by atoms with Gasteiger partial charge in [-0.15, -0.1) is 0 Å². The Kier molecular flexibility index (Phi) is 8.03. The van der Waals surface area contributed by atoms with Crippen molar-refractivity contribution in [2.45, 2.75) is 58.2 Å². The number of amides is 3. The van der Waals surface area contributed by atoms with Crippen LogP contribution in [0, 0.1) is 0 Å². The summed E-state index contributed by atoms with van der Waals surface area (Å²) in [6, 6.07) is 10.9. The molecule has 2 aliphatic rings. The number of imide groups is 1. The van der Waals surface area contributed by atoms with Gasteiger partial charge in [0.15, 0.2) is 0 Å². The smallest absolute Gasteiger partial charge is 0.338 e. The van der Waals surface area contributed by atoms with E-state index in [2.05, 4.69) is 5.32 Å². The summed E-state index contributed by atoms with van der Waals surface area (Å²) in [7, 11) is 1.27. The standard InChI is InChI=1S/C29H33N3O7/c1-29(2,3)39-28(37)18-11-12-22-19(15-18)17-31(27(36)23(30-22)16-24(33)38-4)13-7-8-14-32-25(34)20-9-5-6-10-21(20)26(32)35/h5-6,9-12,15,23,30H,7-8,13-14,16-17H2,1-4H3/t23-/m0/s1. The maximum atomic E-state index is 13.4. The van der Waals surface area contributed by atoms with Gasteiger partial charge in [0.05, 0.1) is 30.2 Å². The summed E-state index contributed by atoms with van der Waals surface area (Å²) in [5.41, 5.74) is 1.85. The summed E-state index contributed by atoms with van der Waals surface area (Å²) in [6.45, 7) is 6.14. The molecule has 3 amide bonds. The molecule has 0 aliphatic carbocycles. The Morgan fingerprint density at radius 1 is 0.974 bits per heavy atom. The van der Waals surface area contributed by atoms with E-state index >= 15 is 0 Å². The van der Waals surface area contributed by atoms with Gasteiger partial charge in [-0.3, -0.25) is 24.1 Å². The van der Waals surface area contributed by atoms with E-state index in [1.165, 1.54) is 12.0 Å². The van der Waals surface area contributed by atoms with E-state index in [4.69, 9.17) is 9.47 Å². The average molecular weight is 536 g/mol. The minimum absolute atomic E-state index is 0.159. The molecule has 0 radical (unpaired) electrons. The Labute approximate surface area is 227 Å². The molecule has 2 aliphatic heterocycles. The number of fused-ring (bicyclic) bond motifs is 2. The lowest BCUT2D eigenvalue weighted by molar-refractivity contribution is -0.144. The number of esters is 2. The normalized spacial score (nSPS) is 16.8. The van der Waals surface area contributed by atoms with Crippen LogP contribution in [-0.2, 0) is 25.6 Å². The number of rotatable bonds is 8. The van der Waals surface area contributed by atoms with Crippen LogP contribution in [0.4, 0.5) is 5.69 Å². The lowest BCUT2D eigenvalue weighted by Crippen LogP contribution is -2.42. The maximum absolute atomic E-state index is 13.4. The molecule has 2 aromatic carbocycles. The van der Waals surface area contributed by atoms with Crippen LogP contribution in [0.3, 0.4) is 0 Å². The molecule has 10 nitrogen and oxygen atoms in total. The maximum Gasteiger partial charge on any atom is 0.338 e. The highest BCUT2D eigenvalue weighted by molar-refractivity contribution is 6.21. The van der Waals surface area contributed by atoms with Crippen LogP contribution in [0.1, 0.15) is 76.7 Å². The van der Waals surface area contributed by atoms with Crippen molar-refractivity contribution in [3.05, 3.63) is 64.7 Å². The molecule has 0 saturated heterocycles. The first kappa shape index (κ1) is 27.8. The van der Waals surface area contributed by atoms with Crippen molar-refractivity contribution in [3.8, 4) is 0 Å². The highest BCUT2D eigenvalue weighted by atomic mass is 16.6. The van der Waals surface area contributed by atoms with E-state index in [0.717, 1.165) is 0 Å². The second-order valence-corrected chi connectivity index (χ2v) is 10.6. The summed E-state index contributed by atoms with van der Waals surface area (Å²) in [5, 5.41) is 3.13. The van der Waals surface area contributed by atoms with Crippen LogP contribution in [-0.4, -0.2) is 71.3 Å². The summed E-state index contributed by atoms with van der Waals surface area (Å²) in [5.74, 6) is -1.91. The van der Waals surface area contributed by atoms with Gasteiger partial charge >= 0.3 is 11.9 Å². The summed E-state index contributed by atoms with van der Waals surface area (Å²) >= 11 is 0. The quantitative estimate of drug-likeness (QED) is 0.310. The molecule has 39 heavy (non-hydrogen) atoms. The van der Waals surface area contributed by atoms with Crippen molar-refractivity contribution in [1.82, 2.24) is 9.80 Å². The Hall–Kier alpha value is -4.21. The van der Waals surface area contributed by atoms with Crippen molar-refractivity contribution >= 4 is 35.3 Å². The van der Waals surface area contributed by atoms with Gasteiger partial charge in [-0.25, -0.2) is 4.79 Å². The van der Waals surface area contributed by atoms with Crippen LogP contribution >= 0.6 is 0 Å². The molecule has 2 heterocycles. The van der Waals surface area contributed by atoms with E-state index < -0.39 is 23.6 Å². The lowest BCUT2D eigenvalue weighted by Gasteiger charge is -2.24. The second kappa shape index (κ2) is 11.3. The Morgan fingerprint density at radius 3 is 2.23 bits per heavy atom. The molecule has 0 saturated carbocycles. The first-order valence-electron chi connectivity index (χ1n) is 12.9. The number of methoxy groups -OCH3 is 1. The van der Waals surface area contributed by atoms with E-state index in [9.17, 15) is 24.0 Å². The number of nitrogens with zero attached hydrogens (tertiary/aromatic N) is 2. The van der Waals surface area contributed by atoms with Crippen LogP contribution in [0.15, 0.2) is 42.5 Å². The Bertz CT molecular complexity index is 1280. The van der Waals surface area contributed by atoms with Crippen molar-refractivity contribution in [3.63, 3.8) is 0 Å². The van der Waals surface area contributed by atoms with Crippen molar-refractivity contribution in [2.24, 2.45) is 0 Å². The largest absolute Gasteiger partial charge is 0.469 e. The molecule has 1 atom stereocenters. The molecule has 0 spiro atoms. The van der Waals surface area contributed by atoms with Gasteiger partial charge in [-0.2, -0.15) is 0 Å². The monoisotopic (exact) mass is 535 g/mol. The van der Waals surface area contributed by atoms with Crippen molar-refractivity contribution < 1.29 is 33.4 Å². The topological polar surface area (TPSA) is 122 Å². The molecule has 4 rings (SSSR count). The molecule has 0 aromatic heterocycles. The molecule has 2 aromatic rings. The molecular weight excluding hydrogens is 502 g/mol. The van der Waals surface area contributed by atoms with E-state index in [1.807, 2.05) is 0 Å². The molecule has 1 N–H and O–H groups in total. The number of ether oxygens (including phenoxy) is 2. The highest BCUT2D eigenvalue weighted by Gasteiger charge is 2.35. The van der Waals surface area contributed by atoms with Gasteiger partial charge in [0, 0.05) is 25.3 Å². The van der Waals surface area contributed by atoms with Crippen LogP contribution in [0.25, 0.3) is 0 Å². The molecule has 0 fully saturated rings. The van der Waals surface area contributed by atoms with Gasteiger partial charge in [0.2, 0.25) is 5.91 Å². The number of hydrogen-bond acceptors (Lipinski definition) is 8. The molecule has 206 valence electrons. The number of benzene rings is 2. The number of carbonyl (C=O) groups is 5. The number of unbranched alkanes of at least 4 members (excludes halogenated alkanes) is 1. The third-order valence-electron chi connectivity index (χ3n) is 6.58. The van der Waals surface area contributed by atoms with Gasteiger partial charge in [-0.05, 0) is 69.5 Å². The fraction of sp³-hybridized carbons (Fsp3) is 0.414. The van der Waals surface area contributed by atoms with Gasteiger partial charge < -0.3 is 19.7 Å². The lowest BCUT2D eigenvalue weighted by atomic mass is 10.1. The van der Waals surface area contributed by atoms with Gasteiger partial charge in [0.1, 0.15) is 11.6 Å². The molecule has 0 bridgehead atoms. The van der Waals surface area contributed by atoms with Crippen molar-refractivity contribution in [1.29, 1.82) is 0 Å². The first-order chi connectivity index (χ1) is 18.5. The molecule has 0 unspecified atom stereocenters. The number of carbonyl (C=O) groups excluding carboxylic acids is 5. The Morgan fingerprint density at radius 2 is 1.62 bits per heavy atom. The summed E-state index contributed by atoms with van der Waals surface area (Å²) in [6.07, 6.45) is 0.856. The van der Waals surface area contributed by atoms with Gasteiger partial charge in [-0.1, -0.05) is 12.1 Å². The van der Waals surface area contributed by atoms with Gasteiger partial charge in [0.25, 0.3) is 11.8 Å². The van der Waals surface area contributed by atoms with E-state index in [1.54, 1.807) is 68.1 Å². The predicted molar refractivity (Wildman–Crippen MR) is 142 cm³/mol. The van der Waals surface area contributed by atoms with E-state index in [0.29, 0.717) is 47.3 Å². The fourth-order valence-electron chi connectivity index (χ4n) is 4.68. The van der Waals surface area contributed by atoms with E-state index in [-0.39, 0.29) is 37.2 Å². The highest BCUT2D eigenvalue weighted by Crippen LogP contribution is 2.27. The predicted octanol–water partition coefficient (Wildman–Crippen LogP) is 3.40. The number of nitrogens with one attached hydrogen (secondary N) is 1. The zero-order valence-corrected chi connectivity index (χ0v) is 22.6. The van der Waals surface area contributed by atoms with Crippen LogP contribution in [0.5, 0.6) is 0 Å². The first-order valence-corrected chi connectivity index (χ1v) is 12.9. The number of anilines is 1. The van der Waals surface area contributed by atoms with Crippen molar-refractivity contribution in [2.75, 3.05) is 25.5 Å². The SMILES string of the molecule is COC(=O)C[C@@H]1Nc2ccc(C(=O)OC(C)(C)C)cc2CN(CCCCN2C(=O)c3ccccc3C2=O)C1=O. The summed E-state index contributed by atoms with van der Waals surface area (Å²) < 4.78 is 10.3. The molecular formula is C29H33N3O7. The Balaban J connectivity index is 1.47.